The van der Waals surface area contributed by atoms with Gasteiger partial charge in [0.2, 0.25) is 0 Å². The molecule has 2 rings (SSSR count). The van der Waals surface area contributed by atoms with Crippen LogP contribution in [-0.2, 0) is 5.41 Å². The fourth-order valence-electron chi connectivity index (χ4n) is 2.52. The lowest BCUT2D eigenvalue weighted by Crippen LogP contribution is -2.19. The van der Waals surface area contributed by atoms with Crippen LogP contribution in [0.3, 0.4) is 0 Å². The number of aliphatic hydroxyl groups excluding tert-OH is 1. The smallest absolute Gasteiger partial charge is 0.165 e. The summed E-state index contributed by atoms with van der Waals surface area (Å²) in [5.74, 6) is -0.120. The Bertz CT molecular complexity index is 414. The fourth-order valence-corrected chi connectivity index (χ4v) is 2.52. The molecule has 0 aliphatic heterocycles. The second-order valence-corrected chi connectivity index (χ2v) is 5.15. The first-order valence-corrected chi connectivity index (χ1v) is 5.42. The Kier molecular flexibility index (Phi) is 2.46. The van der Waals surface area contributed by atoms with Gasteiger partial charge in [0.05, 0.1) is 13.7 Å². The number of methoxy groups -OCH3 is 1. The minimum absolute atomic E-state index is 0.0740. The Hall–Kier alpha value is -1.09. The highest BCUT2D eigenvalue weighted by molar-refractivity contribution is 5.42. The molecule has 16 heavy (non-hydrogen) atoms. The Morgan fingerprint density at radius 2 is 2.06 bits per heavy atom. The van der Waals surface area contributed by atoms with Gasteiger partial charge in [-0.25, -0.2) is 4.39 Å². The van der Waals surface area contributed by atoms with Gasteiger partial charge in [-0.05, 0) is 29.5 Å². The maximum absolute atomic E-state index is 13.3. The van der Waals surface area contributed by atoms with Crippen LogP contribution in [-0.4, -0.2) is 18.8 Å². The Morgan fingerprint density at radius 3 is 2.50 bits per heavy atom. The molecule has 1 aromatic rings. The SMILES string of the molecule is COc1cc(C2(CO)CC2(C)C)ccc1F. The van der Waals surface area contributed by atoms with Crippen LogP contribution in [0.5, 0.6) is 5.75 Å². The van der Waals surface area contributed by atoms with Crippen molar-refractivity contribution in [3.63, 3.8) is 0 Å². The zero-order chi connectivity index (χ0) is 12.0. The van der Waals surface area contributed by atoms with Crippen molar-refractivity contribution in [3.8, 4) is 5.75 Å². The number of halogens is 1. The normalized spacial score (nSPS) is 26.6. The van der Waals surface area contributed by atoms with Crippen LogP contribution in [0.1, 0.15) is 25.8 Å². The van der Waals surface area contributed by atoms with E-state index in [0.29, 0.717) is 0 Å². The second-order valence-electron chi connectivity index (χ2n) is 5.15. The summed E-state index contributed by atoms with van der Waals surface area (Å²) in [4.78, 5) is 0. The lowest BCUT2D eigenvalue weighted by atomic mass is 9.88. The molecule has 1 unspecified atom stereocenters. The van der Waals surface area contributed by atoms with Gasteiger partial charge in [-0.3, -0.25) is 0 Å². The maximum Gasteiger partial charge on any atom is 0.165 e. The summed E-state index contributed by atoms with van der Waals surface area (Å²) in [6.07, 6.45) is 0.922. The van der Waals surface area contributed by atoms with E-state index in [9.17, 15) is 9.50 Å². The molecule has 0 heterocycles. The number of aliphatic hydroxyl groups is 1. The number of ether oxygens (including phenoxy) is 1. The van der Waals surface area contributed by atoms with Crippen molar-refractivity contribution in [2.75, 3.05) is 13.7 Å². The summed E-state index contributed by atoms with van der Waals surface area (Å²) in [6, 6.07) is 4.84. The second kappa shape index (κ2) is 3.45. The van der Waals surface area contributed by atoms with Crippen molar-refractivity contribution >= 4 is 0 Å². The molecule has 88 valence electrons. The number of hydrogen-bond donors (Lipinski definition) is 1. The van der Waals surface area contributed by atoms with E-state index in [2.05, 4.69) is 13.8 Å². The van der Waals surface area contributed by atoms with Gasteiger partial charge in [0.15, 0.2) is 11.6 Å². The van der Waals surface area contributed by atoms with Crippen molar-refractivity contribution in [2.45, 2.75) is 25.7 Å². The van der Waals surface area contributed by atoms with E-state index in [1.165, 1.54) is 13.2 Å². The van der Waals surface area contributed by atoms with Gasteiger partial charge in [-0.15, -0.1) is 0 Å². The first-order chi connectivity index (χ1) is 7.47. The van der Waals surface area contributed by atoms with Crippen molar-refractivity contribution in [1.29, 1.82) is 0 Å². The van der Waals surface area contributed by atoms with E-state index in [1.54, 1.807) is 12.1 Å². The number of benzene rings is 1. The molecule has 0 radical (unpaired) electrons. The number of rotatable bonds is 3. The molecule has 2 nitrogen and oxygen atoms in total. The van der Waals surface area contributed by atoms with Crippen LogP contribution in [0.15, 0.2) is 18.2 Å². The Morgan fingerprint density at radius 1 is 1.44 bits per heavy atom. The molecule has 1 saturated carbocycles. The molecule has 0 aromatic heterocycles. The molecular formula is C13H17FO2. The highest BCUT2D eigenvalue weighted by atomic mass is 19.1. The van der Waals surface area contributed by atoms with Gasteiger partial charge in [-0.2, -0.15) is 0 Å². The first kappa shape index (κ1) is 11.4. The molecule has 0 amide bonds. The molecule has 0 spiro atoms. The van der Waals surface area contributed by atoms with Crippen LogP contribution in [0.25, 0.3) is 0 Å². The van der Waals surface area contributed by atoms with Crippen LogP contribution in [0, 0.1) is 11.2 Å². The highest BCUT2D eigenvalue weighted by Crippen LogP contribution is 2.64. The molecule has 1 atom stereocenters. The van der Waals surface area contributed by atoms with E-state index in [-0.39, 0.29) is 29.0 Å². The Labute approximate surface area is 95.1 Å². The molecule has 0 bridgehead atoms. The monoisotopic (exact) mass is 224 g/mol. The quantitative estimate of drug-likeness (QED) is 0.854. The van der Waals surface area contributed by atoms with Gasteiger partial charge >= 0.3 is 0 Å². The standard InChI is InChI=1S/C13H17FO2/c1-12(2)7-13(12,8-15)9-4-5-10(14)11(6-9)16-3/h4-6,15H,7-8H2,1-3H3. The summed E-state index contributed by atoms with van der Waals surface area (Å²) < 4.78 is 18.3. The van der Waals surface area contributed by atoms with Crippen LogP contribution < -0.4 is 4.74 Å². The molecule has 3 heteroatoms. The third-order valence-electron chi connectivity index (χ3n) is 3.89. The van der Waals surface area contributed by atoms with E-state index in [4.69, 9.17) is 4.74 Å². The molecule has 1 aliphatic rings. The third-order valence-corrected chi connectivity index (χ3v) is 3.89. The summed E-state index contributed by atoms with van der Waals surface area (Å²) in [7, 11) is 1.45. The summed E-state index contributed by atoms with van der Waals surface area (Å²) in [6.45, 7) is 4.31. The summed E-state index contributed by atoms with van der Waals surface area (Å²) in [5.41, 5.74) is 0.803. The zero-order valence-electron chi connectivity index (χ0n) is 9.88. The minimum atomic E-state index is -0.363. The van der Waals surface area contributed by atoms with Crippen LogP contribution in [0.4, 0.5) is 4.39 Å². The van der Waals surface area contributed by atoms with E-state index in [1.807, 2.05) is 0 Å². The molecular weight excluding hydrogens is 207 g/mol. The van der Waals surface area contributed by atoms with Crippen molar-refractivity contribution in [1.82, 2.24) is 0 Å². The van der Waals surface area contributed by atoms with Gasteiger partial charge in [0, 0.05) is 5.41 Å². The maximum atomic E-state index is 13.3. The fraction of sp³-hybridized carbons (Fsp3) is 0.538. The van der Waals surface area contributed by atoms with E-state index in [0.717, 1.165) is 12.0 Å². The minimum Gasteiger partial charge on any atom is -0.494 e. The largest absolute Gasteiger partial charge is 0.494 e. The van der Waals surface area contributed by atoms with Gasteiger partial charge in [0.1, 0.15) is 0 Å². The predicted molar refractivity (Wildman–Crippen MR) is 60.1 cm³/mol. The summed E-state index contributed by atoms with van der Waals surface area (Å²) in [5, 5.41) is 9.54. The average Bonchev–Trinajstić information content (AvgIpc) is 2.83. The molecule has 1 fully saturated rings. The average molecular weight is 224 g/mol. The zero-order valence-corrected chi connectivity index (χ0v) is 9.88. The van der Waals surface area contributed by atoms with E-state index >= 15 is 0 Å². The summed E-state index contributed by atoms with van der Waals surface area (Å²) >= 11 is 0. The molecule has 1 N–H and O–H groups in total. The van der Waals surface area contributed by atoms with Crippen molar-refractivity contribution in [2.24, 2.45) is 5.41 Å². The topological polar surface area (TPSA) is 29.5 Å². The lowest BCUT2D eigenvalue weighted by Gasteiger charge is -2.19. The Balaban J connectivity index is 2.42. The first-order valence-electron chi connectivity index (χ1n) is 5.42. The van der Waals surface area contributed by atoms with Gasteiger partial charge < -0.3 is 9.84 Å². The van der Waals surface area contributed by atoms with E-state index < -0.39 is 0 Å². The van der Waals surface area contributed by atoms with Crippen molar-refractivity contribution in [3.05, 3.63) is 29.6 Å². The molecule has 0 saturated heterocycles. The van der Waals surface area contributed by atoms with Crippen molar-refractivity contribution < 1.29 is 14.2 Å². The van der Waals surface area contributed by atoms with Crippen LogP contribution in [0.2, 0.25) is 0 Å². The molecule has 1 aromatic carbocycles. The number of hydrogen-bond acceptors (Lipinski definition) is 2. The van der Waals surface area contributed by atoms with Crippen LogP contribution >= 0.6 is 0 Å². The molecule has 1 aliphatic carbocycles. The van der Waals surface area contributed by atoms with Gasteiger partial charge in [-0.1, -0.05) is 19.9 Å². The highest BCUT2D eigenvalue weighted by Gasteiger charge is 2.61. The lowest BCUT2D eigenvalue weighted by molar-refractivity contribution is 0.231. The predicted octanol–water partition coefficient (Wildman–Crippen LogP) is 2.49. The van der Waals surface area contributed by atoms with Gasteiger partial charge in [0.25, 0.3) is 0 Å². The third kappa shape index (κ3) is 1.42.